The number of amidine groups is 1. The van der Waals surface area contributed by atoms with Gasteiger partial charge in [-0.2, -0.15) is 0 Å². The van der Waals surface area contributed by atoms with Crippen molar-refractivity contribution in [3.8, 4) is 5.75 Å². The van der Waals surface area contributed by atoms with Crippen LogP contribution < -0.4 is 14.5 Å². The number of urea groups is 1. The van der Waals surface area contributed by atoms with Gasteiger partial charge in [-0.05, 0) is 24.1 Å². The summed E-state index contributed by atoms with van der Waals surface area (Å²) in [7, 11) is 1.61. The molecule has 9 heteroatoms. The molecule has 0 saturated carbocycles. The van der Waals surface area contributed by atoms with Crippen LogP contribution >= 0.6 is 0 Å². The molecule has 3 aliphatic rings. The Balaban J connectivity index is 1.54. The highest BCUT2D eigenvalue weighted by molar-refractivity contribution is 6.19. The lowest BCUT2D eigenvalue weighted by atomic mass is 10.1. The number of nitrogens with zero attached hydrogens (tertiary/aromatic N) is 6. The summed E-state index contributed by atoms with van der Waals surface area (Å²) in [5.74, 6) is 1.70. The van der Waals surface area contributed by atoms with Gasteiger partial charge >= 0.3 is 6.03 Å². The average Bonchev–Trinajstić information content (AvgIpc) is 3.29. The van der Waals surface area contributed by atoms with Crippen LogP contribution in [-0.4, -0.2) is 72.7 Å². The summed E-state index contributed by atoms with van der Waals surface area (Å²) in [6.07, 6.45) is 3.55. The predicted octanol–water partition coefficient (Wildman–Crippen LogP) is 2.55. The quantitative estimate of drug-likeness (QED) is 0.716. The lowest BCUT2D eigenvalue weighted by Gasteiger charge is -2.36. The highest BCUT2D eigenvalue weighted by Crippen LogP contribution is 2.35. The van der Waals surface area contributed by atoms with E-state index in [1.807, 2.05) is 18.3 Å². The van der Waals surface area contributed by atoms with E-state index in [9.17, 15) is 4.79 Å². The number of fused-ring (bicyclic) bond motifs is 3. The van der Waals surface area contributed by atoms with Gasteiger partial charge in [0.15, 0.2) is 5.84 Å². The van der Waals surface area contributed by atoms with E-state index < -0.39 is 0 Å². The number of rotatable bonds is 5. The molecule has 1 saturated heterocycles. The van der Waals surface area contributed by atoms with Crippen molar-refractivity contribution in [1.82, 2.24) is 14.9 Å². The number of pyridine rings is 2. The third-order valence-corrected chi connectivity index (χ3v) is 6.23. The van der Waals surface area contributed by atoms with Gasteiger partial charge in [-0.15, -0.1) is 0 Å². The number of morpholine rings is 1. The summed E-state index contributed by atoms with van der Waals surface area (Å²) >= 11 is 0. The highest BCUT2D eigenvalue weighted by Gasteiger charge is 2.42. The van der Waals surface area contributed by atoms with Crippen molar-refractivity contribution in [2.75, 3.05) is 49.8 Å². The maximum Gasteiger partial charge on any atom is 0.330 e. The van der Waals surface area contributed by atoms with E-state index in [0.717, 1.165) is 35.9 Å². The zero-order valence-corrected chi connectivity index (χ0v) is 18.7. The van der Waals surface area contributed by atoms with Gasteiger partial charge in [-0.25, -0.2) is 9.78 Å². The number of hydrogen-bond donors (Lipinski definition) is 0. The van der Waals surface area contributed by atoms with Crippen LogP contribution in [0, 0.1) is 5.92 Å². The molecule has 1 unspecified atom stereocenters. The standard InChI is InChI=1S/C23H28N6O3/c1-15(2)19-14-29-22(26-19)21-20(10-17(11-25-21)27-6-8-32-9-7-27)28(23(29)30)13-16-4-5-18(31-3)12-24-16/h4-5,10-12,15,19H,6-9,13-14H2,1-3H3. The topological polar surface area (TPSA) is 83.4 Å². The molecule has 168 valence electrons. The molecule has 2 aromatic rings. The summed E-state index contributed by atoms with van der Waals surface area (Å²) < 4.78 is 10.7. The van der Waals surface area contributed by atoms with E-state index in [1.54, 1.807) is 23.1 Å². The average molecular weight is 437 g/mol. The molecular formula is C23H28N6O3. The molecule has 5 heterocycles. The van der Waals surface area contributed by atoms with Gasteiger partial charge < -0.3 is 14.4 Å². The van der Waals surface area contributed by atoms with Crippen molar-refractivity contribution in [2.45, 2.75) is 26.4 Å². The molecule has 0 N–H and O–H groups in total. The summed E-state index contributed by atoms with van der Waals surface area (Å²) in [5, 5.41) is 0. The van der Waals surface area contributed by atoms with Crippen molar-refractivity contribution in [1.29, 1.82) is 0 Å². The Kier molecular flexibility index (Phi) is 5.42. The van der Waals surface area contributed by atoms with Crippen molar-refractivity contribution in [3.05, 3.63) is 42.0 Å². The maximum absolute atomic E-state index is 13.6. The van der Waals surface area contributed by atoms with E-state index in [-0.39, 0.29) is 12.1 Å². The smallest absolute Gasteiger partial charge is 0.330 e. The van der Waals surface area contributed by atoms with Crippen LogP contribution in [0.15, 0.2) is 35.6 Å². The fraction of sp³-hybridized carbons (Fsp3) is 0.478. The number of methoxy groups -OCH3 is 1. The first-order chi connectivity index (χ1) is 15.5. The van der Waals surface area contributed by atoms with Crippen LogP contribution in [0.3, 0.4) is 0 Å². The Morgan fingerprint density at radius 3 is 2.69 bits per heavy atom. The lowest BCUT2D eigenvalue weighted by molar-refractivity contribution is 0.122. The molecule has 2 amide bonds. The van der Waals surface area contributed by atoms with Gasteiger partial charge in [0.05, 0.1) is 68.9 Å². The van der Waals surface area contributed by atoms with E-state index in [0.29, 0.717) is 43.8 Å². The fourth-order valence-corrected chi connectivity index (χ4v) is 4.26. The van der Waals surface area contributed by atoms with Crippen LogP contribution in [-0.2, 0) is 11.3 Å². The van der Waals surface area contributed by atoms with Crippen LogP contribution in [0.25, 0.3) is 0 Å². The summed E-state index contributed by atoms with van der Waals surface area (Å²) in [6.45, 7) is 8.16. The zero-order valence-electron chi connectivity index (χ0n) is 18.7. The summed E-state index contributed by atoms with van der Waals surface area (Å²) in [6, 6.07) is 5.78. The monoisotopic (exact) mass is 436 g/mol. The first kappa shape index (κ1) is 20.7. The first-order valence-corrected chi connectivity index (χ1v) is 11.0. The van der Waals surface area contributed by atoms with Crippen molar-refractivity contribution >= 4 is 23.2 Å². The number of aliphatic imine (C=N–C) groups is 1. The second kappa shape index (κ2) is 8.38. The molecule has 0 aromatic carbocycles. The van der Waals surface area contributed by atoms with Gasteiger partial charge in [0.2, 0.25) is 0 Å². The van der Waals surface area contributed by atoms with E-state index >= 15 is 0 Å². The number of amides is 2. The third kappa shape index (κ3) is 3.66. The molecule has 0 aliphatic carbocycles. The van der Waals surface area contributed by atoms with Crippen molar-refractivity contribution in [2.24, 2.45) is 10.9 Å². The van der Waals surface area contributed by atoms with Crippen molar-refractivity contribution in [3.63, 3.8) is 0 Å². The first-order valence-electron chi connectivity index (χ1n) is 11.0. The van der Waals surface area contributed by atoms with E-state index in [4.69, 9.17) is 19.5 Å². The number of carbonyl (C=O) groups excluding carboxylic acids is 1. The van der Waals surface area contributed by atoms with Gasteiger partial charge in [0.1, 0.15) is 11.4 Å². The third-order valence-electron chi connectivity index (χ3n) is 6.23. The normalized spacial score (nSPS) is 20.4. The molecular weight excluding hydrogens is 408 g/mol. The molecule has 5 rings (SSSR count). The summed E-state index contributed by atoms with van der Waals surface area (Å²) in [5.41, 5.74) is 3.29. The Morgan fingerprint density at radius 2 is 2.00 bits per heavy atom. The number of anilines is 2. The van der Waals surface area contributed by atoms with Gasteiger partial charge in [0.25, 0.3) is 0 Å². The molecule has 1 fully saturated rings. The number of hydrogen-bond acceptors (Lipinski definition) is 7. The van der Waals surface area contributed by atoms with Crippen LogP contribution in [0.4, 0.5) is 16.2 Å². The molecule has 0 spiro atoms. The largest absolute Gasteiger partial charge is 0.495 e. The fourth-order valence-electron chi connectivity index (χ4n) is 4.26. The SMILES string of the molecule is COc1ccc(CN2C(=O)N3CC(C(C)C)N=C3c3ncc(N4CCOCC4)cc32)nc1. The predicted molar refractivity (Wildman–Crippen MR) is 122 cm³/mol. The molecule has 1 atom stereocenters. The number of ether oxygens (including phenoxy) is 2. The van der Waals surface area contributed by atoms with Gasteiger partial charge in [-0.1, -0.05) is 13.8 Å². The molecule has 9 nitrogen and oxygen atoms in total. The maximum atomic E-state index is 13.6. The Bertz CT molecular complexity index is 1030. The molecule has 32 heavy (non-hydrogen) atoms. The Hall–Kier alpha value is -3.20. The number of aromatic nitrogens is 2. The number of carbonyl (C=O) groups is 1. The second-order valence-electron chi connectivity index (χ2n) is 8.59. The summed E-state index contributed by atoms with van der Waals surface area (Å²) in [4.78, 5) is 33.5. The second-order valence-corrected chi connectivity index (χ2v) is 8.59. The molecule has 3 aliphatic heterocycles. The van der Waals surface area contributed by atoms with Crippen LogP contribution in [0.5, 0.6) is 5.75 Å². The van der Waals surface area contributed by atoms with Crippen molar-refractivity contribution < 1.29 is 14.3 Å². The minimum absolute atomic E-state index is 0.0709. The van der Waals surface area contributed by atoms with Crippen LogP contribution in [0.1, 0.15) is 25.2 Å². The van der Waals surface area contributed by atoms with Gasteiger partial charge in [0, 0.05) is 13.1 Å². The zero-order chi connectivity index (χ0) is 22.2. The Morgan fingerprint density at radius 1 is 1.19 bits per heavy atom. The molecule has 0 radical (unpaired) electrons. The van der Waals surface area contributed by atoms with Crippen LogP contribution in [0.2, 0.25) is 0 Å². The lowest BCUT2D eigenvalue weighted by Crippen LogP contribution is -2.50. The van der Waals surface area contributed by atoms with Gasteiger partial charge in [-0.3, -0.25) is 19.8 Å². The van der Waals surface area contributed by atoms with E-state index in [2.05, 4.69) is 29.8 Å². The molecule has 0 bridgehead atoms. The van der Waals surface area contributed by atoms with E-state index in [1.165, 1.54) is 0 Å². The minimum atomic E-state index is -0.0852. The molecule has 2 aromatic heterocycles. The highest BCUT2D eigenvalue weighted by atomic mass is 16.5. The minimum Gasteiger partial charge on any atom is -0.495 e. The Labute approximate surface area is 187 Å².